The fraction of sp³-hybridized carbons (Fsp3) is 0.480. The summed E-state index contributed by atoms with van der Waals surface area (Å²) in [6, 6.07) is 11.2. The third-order valence-electron chi connectivity index (χ3n) is 6.53. The summed E-state index contributed by atoms with van der Waals surface area (Å²) in [6.07, 6.45) is 4.48. The van der Waals surface area contributed by atoms with Gasteiger partial charge in [-0.3, -0.25) is 4.98 Å². The monoisotopic (exact) mass is 470 g/mol. The number of hydrogen-bond acceptors (Lipinski definition) is 7. The molecule has 0 radical (unpaired) electrons. The molecular weight excluding hydrogens is 439 g/mol. The minimum atomic E-state index is -1.07. The highest BCUT2D eigenvalue weighted by molar-refractivity contribution is 7.99. The lowest BCUT2D eigenvalue weighted by Gasteiger charge is -2.38. The average molecular weight is 471 g/mol. The molecule has 6 nitrogen and oxygen atoms in total. The Hall–Kier alpha value is -2.29. The van der Waals surface area contributed by atoms with E-state index in [0.29, 0.717) is 23.7 Å². The van der Waals surface area contributed by atoms with Crippen molar-refractivity contribution in [3.05, 3.63) is 54.4 Å². The van der Waals surface area contributed by atoms with E-state index in [9.17, 15) is 5.11 Å². The molecule has 3 heterocycles. The number of hydrogen-bond donors (Lipinski definition) is 1. The van der Waals surface area contributed by atoms with Crippen molar-refractivity contribution in [2.75, 3.05) is 39.1 Å². The summed E-state index contributed by atoms with van der Waals surface area (Å²) in [5.41, 5.74) is 1.44. The Morgan fingerprint density at radius 1 is 1.24 bits per heavy atom. The minimum absolute atomic E-state index is 0.144. The summed E-state index contributed by atoms with van der Waals surface area (Å²) in [6.45, 7) is 2.93. The van der Waals surface area contributed by atoms with Gasteiger partial charge in [-0.2, -0.15) is 5.10 Å². The molecule has 0 bridgehead atoms. The number of aromatic nitrogens is 3. The van der Waals surface area contributed by atoms with Crippen molar-refractivity contribution >= 4 is 22.7 Å². The lowest BCUT2D eigenvalue weighted by Crippen LogP contribution is -2.43. The molecule has 0 amide bonds. The van der Waals surface area contributed by atoms with Crippen LogP contribution < -0.4 is 4.74 Å². The SMILES string of the molecule is COc1ccc2nccc(C(F)CC[C@@H]3CCN(CCSc4cccnn4)C[C@@H]3CO)c2c1. The topological polar surface area (TPSA) is 71.4 Å². The second-order valence-electron chi connectivity index (χ2n) is 8.53. The van der Waals surface area contributed by atoms with E-state index in [2.05, 4.69) is 20.1 Å². The van der Waals surface area contributed by atoms with Gasteiger partial charge in [0.25, 0.3) is 0 Å². The van der Waals surface area contributed by atoms with Crippen LogP contribution in [0.2, 0.25) is 0 Å². The van der Waals surface area contributed by atoms with Crippen LogP contribution in [0.3, 0.4) is 0 Å². The Morgan fingerprint density at radius 3 is 2.94 bits per heavy atom. The lowest BCUT2D eigenvalue weighted by atomic mass is 9.81. The van der Waals surface area contributed by atoms with E-state index in [1.54, 1.807) is 37.3 Å². The number of aliphatic hydroxyl groups excluding tert-OH is 1. The quantitative estimate of drug-likeness (QED) is 0.436. The first-order valence-corrected chi connectivity index (χ1v) is 12.5. The molecule has 3 aromatic rings. The van der Waals surface area contributed by atoms with Gasteiger partial charge < -0.3 is 14.7 Å². The van der Waals surface area contributed by atoms with Gasteiger partial charge in [0.1, 0.15) is 16.9 Å². The van der Waals surface area contributed by atoms with Crippen LogP contribution in [0.25, 0.3) is 10.9 Å². The Kier molecular flexibility index (Phi) is 8.47. The van der Waals surface area contributed by atoms with Gasteiger partial charge in [-0.1, -0.05) is 0 Å². The number of piperidine rings is 1. The number of rotatable bonds is 10. The standard InChI is InChI=1S/C25H31FN4O2S/c1-32-20-5-7-24-22(15-20)21(8-11-27-24)23(26)6-4-18-9-12-30(16-19(18)17-31)13-14-33-25-3-2-10-28-29-25/h2-3,5,7-8,10-11,15,18-19,23,31H,4,6,9,12-14,16-17H2,1H3/t18-,19-,23?/m1/s1. The van der Waals surface area contributed by atoms with Crippen LogP contribution >= 0.6 is 11.8 Å². The van der Waals surface area contributed by atoms with E-state index in [4.69, 9.17) is 4.74 Å². The fourth-order valence-electron chi connectivity index (χ4n) is 4.65. The van der Waals surface area contributed by atoms with Gasteiger partial charge in [-0.05, 0) is 79.6 Å². The zero-order valence-electron chi connectivity index (χ0n) is 18.9. The lowest BCUT2D eigenvalue weighted by molar-refractivity contribution is 0.0672. The third-order valence-corrected chi connectivity index (χ3v) is 7.43. The number of thioether (sulfide) groups is 1. The Labute approximate surface area is 198 Å². The molecule has 0 aliphatic carbocycles. The Bertz CT molecular complexity index is 1030. The molecule has 8 heteroatoms. The first-order valence-electron chi connectivity index (χ1n) is 11.5. The molecule has 4 rings (SSSR count). The zero-order chi connectivity index (χ0) is 23.0. The summed E-state index contributed by atoms with van der Waals surface area (Å²) in [5.74, 6) is 2.16. The van der Waals surface area contributed by atoms with E-state index in [-0.39, 0.29) is 12.5 Å². The van der Waals surface area contributed by atoms with Crippen molar-refractivity contribution in [2.45, 2.75) is 30.5 Å². The first kappa shape index (κ1) is 23.9. The fourth-order valence-corrected chi connectivity index (χ4v) is 5.49. The maximum Gasteiger partial charge on any atom is 0.126 e. The second kappa shape index (κ2) is 11.7. The first-order chi connectivity index (χ1) is 16.2. The summed E-state index contributed by atoms with van der Waals surface area (Å²) in [5, 5.41) is 19.8. The van der Waals surface area contributed by atoms with E-state index in [1.165, 1.54) is 0 Å². The molecule has 1 saturated heterocycles. The largest absolute Gasteiger partial charge is 0.497 e. The van der Waals surface area contributed by atoms with Gasteiger partial charge in [-0.25, -0.2) is 4.39 Å². The minimum Gasteiger partial charge on any atom is -0.497 e. The Balaban J connectivity index is 1.30. The van der Waals surface area contributed by atoms with Crippen molar-refractivity contribution < 1.29 is 14.2 Å². The molecule has 176 valence electrons. The highest BCUT2D eigenvalue weighted by atomic mass is 32.2. The molecule has 1 N–H and O–H groups in total. The van der Waals surface area contributed by atoms with Gasteiger partial charge in [0, 0.05) is 43.2 Å². The molecule has 2 aromatic heterocycles. The Morgan fingerprint density at radius 2 is 2.15 bits per heavy atom. The maximum absolute atomic E-state index is 15.3. The molecule has 1 aliphatic rings. The summed E-state index contributed by atoms with van der Waals surface area (Å²) in [7, 11) is 1.61. The van der Waals surface area contributed by atoms with Crippen molar-refractivity contribution in [3.8, 4) is 5.75 Å². The number of ether oxygens (including phenoxy) is 1. The van der Waals surface area contributed by atoms with Gasteiger partial charge in [0.2, 0.25) is 0 Å². The van der Waals surface area contributed by atoms with E-state index < -0.39 is 6.17 Å². The summed E-state index contributed by atoms with van der Waals surface area (Å²) in [4.78, 5) is 6.76. The number of pyridine rings is 1. The predicted molar refractivity (Wildman–Crippen MR) is 129 cm³/mol. The molecule has 0 spiro atoms. The van der Waals surface area contributed by atoms with Gasteiger partial charge >= 0.3 is 0 Å². The smallest absolute Gasteiger partial charge is 0.126 e. The van der Waals surface area contributed by atoms with Crippen LogP contribution in [-0.4, -0.2) is 64.3 Å². The molecule has 1 aliphatic heterocycles. The third kappa shape index (κ3) is 6.19. The highest BCUT2D eigenvalue weighted by Gasteiger charge is 2.29. The van der Waals surface area contributed by atoms with E-state index >= 15 is 4.39 Å². The van der Waals surface area contributed by atoms with Gasteiger partial charge in [0.05, 0.1) is 12.6 Å². The van der Waals surface area contributed by atoms with Crippen LogP contribution in [0.1, 0.15) is 31.0 Å². The number of aliphatic hydroxyl groups is 1. The van der Waals surface area contributed by atoms with Crippen LogP contribution in [0.4, 0.5) is 4.39 Å². The van der Waals surface area contributed by atoms with Crippen molar-refractivity contribution in [3.63, 3.8) is 0 Å². The molecule has 1 aromatic carbocycles. The zero-order valence-corrected chi connectivity index (χ0v) is 19.8. The van der Waals surface area contributed by atoms with Crippen molar-refractivity contribution in [2.24, 2.45) is 11.8 Å². The number of nitrogens with zero attached hydrogens (tertiary/aromatic N) is 4. The van der Waals surface area contributed by atoms with Crippen LogP contribution in [0, 0.1) is 11.8 Å². The highest BCUT2D eigenvalue weighted by Crippen LogP contribution is 2.35. The average Bonchev–Trinajstić information content (AvgIpc) is 2.87. The van der Waals surface area contributed by atoms with Crippen molar-refractivity contribution in [1.29, 1.82) is 0 Å². The van der Waals surface area contributed by atoms with Gasteiger partial charge in [0.15, 0.2) is 0 Å². The number of benzene rings is 1. The molecule has 3 atom stereocenters. The van der Waals surface area contributed by atoms with E-state index in [1.807, 2.05) is 30.3 Å². The second-order valence-corrected chi connectivity index (χ2v) is 9.65. The van der Waals surface area contributed by atoms with E-state index in [0.717, 1.165) is 54.2 Å². The number of halogens is 1. The number of alkyl halides is 1. The predicted octanol–water partition coefficient (Wildman–Crippen LogP) is 4.55. The van der Waals surface area contributed by atoms with Crippen LogP contribution in [0.15, 0.2) is 53.8 Å². The van der Waals surface area contributed by atoms with Gasteiger partial charge in [-0.15, -0.1) is 16.9 Å². The number of methoxy groups -OCH3 is 1. The molecular formula is C25H31FN4O2S. The summed E-state index contributed by atoms with van der Waals surface area (Å²) < 4.78 is 20.6. The van der Waals surface area contributed by atoms with Crippen molar-refractivity contribution in [1.82, 2.24) is 20.1 Å². The van der Waals surface area contributed by atoms with Crippen LogP contribution in [-0.2, 0) is 0 Å². The molecule has 33 heavy (non-hydrogen) atoms. The number of fused-ring (bicyclic) bond motifs is 1. The maximum atomic E-state index is 15.3. The summed E-state index contributed by atoms with van der Waals surface area (Å²) >= 11 is 1.70. The molecule has 1 fully saturated rings. The normalized spacial score (nSPS) is 20.1. The van der Waals surface area contributed by atoms with Crippen LogP contribution in [0.5, 0.6) is 5.75 Å². The number of likely N-dealkylation sites (tertiary alicyclic amines) is 1. The molecule has 1 unspecified atom stereocenters. The molecule has 0 saturated carbocycles.